The van der Waals surface area contributed by atoms with Crippen LogP contribution in [0.5, 0.6) is 0 Å². The highest BCUT2D eigenvalue weighted by Gasteiger charge is 2.10. The van der Waals surface area contributed by atoms with E-state index in [0.29, 0.717) is 11.4 Å². The summed E-state index contributed by atoms with van der Waals surface area (Å²) in [5.41, 5.74) is 0.451. The second-order valence-corrected chi connectivity index (χ2v) is 2.84. The van der Waals surface area contributed by atoms with Gasteiger partial charge < -0.3 is 4.84 Å². The third-order valence-electron chi connectivity index (χ3n) is 1.77. The summed E-state index contributed by atoms with van der Waals surface area (Å²) >= 11 is 0. The van der Waals surface area contributed by atoms with Crippen LogP contribution in [-0.4, -0.2) is 26.3 Å². The van der Waals surface area contributed by atoms with Gasteiger partial charge in [0.1, 0.15) is 0 Å². The van der Waals surface area contributed by atoms with E-state index in [1.54, 1.807) is 31.2 Å². The summed E-state index contributed by atoms with van der Waals surface area (Å²) in [7, 11) is 0. The standard InChI is InChI=1S/C9H8N4O2/c1-7-10-11-12-13(7)15-9(14)8-5-3-2-4-6-8/h2-6H,1H3. The van der Waals surface area contributed by atoms with E-state index in [1.165, 1.54) is 0 Å². The first kappa shape index (κ1) is 9.32. The molecule has 1 aromatic carbocycles. The molecule has 0 fully saturated rings. The zero-order valence-electron chi connectivity index (χ0n) is 7.99. The number of aromatic nitrogens is 4. The smallest absolute Gasteiger partial charge is 0.311 e. The average Bonchev–Trinajstić information content (AvgIpc) is 2.66. The fourth-order valence-electron chi connectivity index (χ4n) is 1.01. The number of tetrazole rings is 1. The van der Waals surface area contributed by atoms with E-state index in [0.717, 1.165) is 4.85 Å². The van der Waals surface area contributed by atoms with Crippen molar-refractivity contribution in [1.29, 1.82) is 0 Å². The molecule has 0 aliphatic carbocycles. The van der Waals surface area contributed by atoms with E-state index in [-0.39, 0.29) is 0 Å². The number of benzene rings is 1. The quantitative estimate of drug-likeness (QED) is 0.656. The van der Waals surface area contributed by atoms with Crippen LogP contribution in [0.3, 0.4) is 0 Å². The van der Waals surface area contributed by atoms with Gasteiger partial charge in [-0.05, 0) is 22.6 Å². The summed E-state index contributed by atoms with van der Waals surface area (Å²) in [6.07, 6.45) is 0. The topological polar surface area (TPSA) is 69.9 Å². The van der Waals surface area contributed by atoms with Gasteiger partial charge >= 0.3 is 5.97 Å². The Morgan fingerprint density at radius 2 is 2.07 bits per heavy atom. The van der Waals surface area contributed by atoms with Crippen LogP contribution in [0.15, 0.2) is 30.3 Å². The molecule has 2 aromatic rings. The van der Waals surface area contributed by atoms with E-state index in [2.05, 4.69) is 15.5 Å². The second kappa shape index (κ2) is 3.87. The SMILES string of the molecule is Cc1nnnn1OC(=O)c1ccccc1. The summed E-state index contributed by atoms with van der Waals surface area (Å²) in [6, 6.07) is 8.63. The Morgan fingerprint density at radius 1 is 1.33 bits per heavy atom. The monoisotopic (exact) mass is 204 g/mol. The van der Waals surface area contributed by atoms with E-state index in [9.17, 15) is 4.79 Å². The van der Waals surface area contributed by atoms with E-state index in [4.69, 9.17) is 4.84 Å². The highest BCUT2D eigenvalue weighted by atomic mass is 16.7. The van der Waals surface area contributed by atoms with Crippen molar-refractivity contribution in [2.45, 2.75) is 6.92 Å². The number of carbonyl (C=O) groups is 1. The molecule has 1 aromatic heterocycles. The van der Waals surface area contributed by atoms with Crippen molar-refractivity contribution in [1.82, 2.24) is 20.4 Å². The molecule has 15 heavy (non-hydrogen) atoms. The van der Waals surface area contributed by atoms with Crippen molar-refractivity contribution < 1.29 is 9.63 Å². The van der Waals surface area contributed by atoms with Crippen molar-refractivity contribution in [2.24, 2.45) is 0 Å². The maximum absolute atomic E-state index is 11.5. The lowest BCUT2D eigenvalue weighted by atomic mass is 10.2. The third kappa shape index (κ3) is 1.98. The fraction of sp³-hybridized carbons (Fsp3) is 0.111. The van der Waals surface area contributed by atoms with Crippen LogP contribution in [0, 0.1) is 6.92 Å². The van der Waals surface area contributed by atoms with Gasteiger partial charge in [-0.25, -0.2) is 4.79 Å². The maximum Gasteiger partial charge on any atom is 0.365 e. The molecule has 6 nitrogen and oxygen atoms in total. The molecule has 0 N–H and O–H groups in total. The summed E-state index contributed by atoms with van der Waals surface area (Å²) in [5, 5.41) is 10.4. The normalized spacial score (nSPS) is 9.93. The molecule has 0 unspecified atom stereocenters. The largest absolute Gasteiger partial charge is 0.365 e. The predicted molar refractivity (Wildman–Crippen MR) is 49.9 cm³/mol. The highest BCUT2D eigenvalue weighted by Crippen LogP contribution is 1.99. The average molecular weight is 204 g/mol. The van der Waals surface area contributed by atoms with Crippen LogP contribution >= 0.6 is 0 Å². The molecule has 0 atom stereocenters. The maximum atomic E-state index is 11.5. The number of rotatable bonds is 2. The van der Waals surface area contributed by atoms with Gasteiger partial charge in [0.2, 0.25) is 0 Å². The van der Waals surface area contributed by atoms with E-state index in [1.807, 2.05) is 6.07 Å². The van der Waals surface area contributed by atoms with Crippen LogP contribution in [0.4, 0.5) is 0 Å². The van der Waals surface area contributed by atoms with Gasteiger partial charge in [0.05, 0.1) is 5.56 Å². The predicted octanol–water partition coefficient (Wildman–Crippen LogP) is 0.251. The Kier molecular flexibility index (Phi) is 2.40. The zero-order chi connectivity index (χ0) is 10.7. The zero-order valence-corrected chi connectivity index (χ0v) is 7.99. The third-order valence-corrected chi connectivity index (χ3v) is 1.77. The van der Waals surface area contributed by atoms with Crippen molar-refractivity contribution in [3.63, 3.8) is 0 Å². The number of aryl methyl sites for hydroxylation is 1. The Morgan fingerprint density at radius 3 is 2.67 bits per heavy atom. The van der Waals surface area contributed by atoms with Crippen LogP contribution in [0.25, 0.3) is 0 Å². The molecular formula is C9H8N4O2. The first-order chi connectivity index (χ1) is 7.27. The van der Waals surface area contributed by atoms with E-state index >= 15 is 0 Å². The lowest BCUT2D eigenvalue weighted by molar-refractivity contribution is 0.0370. The molecule has 0 saturated heterocycles. The Hall–Kier alpha value is -2.24. The molecule has 2 rings (SSSR count). The summed E-state index contributed by atoms with van der Waals surface area (Å²) in [5.74, 6) is -0.0784. The minimum absolute atomic E-state index is 0.416. The van der Waals surface area contributed by atoms with Crippen LogP contribution in [0.2, 0.25) is 0 Å². The number of nitrogens with zero attached hydrogens (tertiary/aromatic N) is 4. The molecule has 1 heterocycles. The minimum atomic E-state index is -0.494. The van der Waals surface area contributed by atoms with Crippen molar-refractivity contribution >= 4 is 5.97 Å². The first-order valence-corrected chi connectivity index (χ1v) is 4.30. The Labute approximate surface area is 85.4 Å². The highest BCUT2D eigenvalue weighted by molar-refractivity contribution is 5.89. The molecule has 76 valence electrons. The van der Waals surface area contributed by atoms with E-state index < -0.39 is 5.97 Å². The van der Waals surface area contributed by atoms with Crippen LogP contribution < -0.4 is 4.84 Å². The second-order valence-electron chi connectivity index (χ2n) is 2.84. The number of hydrogen-bond donors (Lipinski definition) is 0. The van der Waals surface area contributed by atoms with Gasteiger partial charge in [-0.2, -0.15) is 0 Å². The summed E-state index contributed by atoms with van der Waals surface area (Å²) in [6.45, 7) is 1.64. The Bertz CT molecular complexity index is 466. The number of hydrogen-bond acceptors (Lipinski definition) is 5. The molecule has 0 bridgehead atoms. The first-order valence-electron chi connectivity index (χ1n) is 4.30. The fourth-order valence-corrected chi connectivity index (χ4v) is 1.01. The molecule has 0 spiro atoms. The van der Waals surface area contributed by atoms with Crippen molar-refractivity contribution in [2.75, 3.05) is 0 Å². The molecule has 0 aliphatic heterocycles. The molecule has 0 aliphatic rings. The number of carbonyl (C=O) groups excluding carboxylic acids is 1. The summed E-state index contributed by atoms with van der Waals surface area (Å²) in [4.78, 5) is 17.4. The minimum Gasteiger partial charge on any atom is -0.311 e. The van der Waals surface area contributed by atoms with Gasteiger partial charge in [-0.15, -0.1) is 5.10 Å². The summed E-state index contributed by atoms with van der Waals surface area (Å²) < 4.78 is 0. The van der Waals surface area contributed by atoms with Gasteiger partial charge in [-0.3, -0.25) is 0 Å². The van der Waals surface area contributed by atoms with Gasteiger partial charge in [0.15, 0.2) is 5.82 Å². The molecule has 0 saturated carbocycles. The van der Waals surface area contributed by atoms with Gasteiger partial charge in [0, 0.05) is 6.92 Å². The lowest BCUT2D eigenvalue weighted by Crippen LogP contribution is -2.22. The van der Waals surface area contributed by atoms with Crippen molar-refractivity contribution in [3.8, 4) is 0 Å². The molecule has 0 radical (unpaired) electrons. The van der Waals surface area contributed by atoms with Crippen LogP contribution in [-0.2, 0) is 0 Å². The lowest BCUT2D eigenvalue weighted by Gasteiger charge is -2.01. The van der Waals surface area contributed by atoms with Gasteiger partial charge in [-0.1, -0.05) is 23.0 Å². The van der Waals surface area contributed by atoms with Gasteiger partial charge in [0.25, 0.3) is 0 Å². The van der Waals surface area contributed by atoms with Crippen molar-refractivity contribution in [3.05, 3.63) is 41.7 Å². The van der Waals surface area contributed by atoms with Crippen LogP contribution in [0.1, 0.15) is 16.2 Å². The molecule has 6 heteroatoms. The molecule has 0 amide bonds. The molecular weight excluding hydrogens is 196 g/mol. The Balaban J connectivity index is 2.15.